The second-order valence-corrected chi connectivity index (χ2v) is 5.31. The minimum absolute atomic E-state index is 0.00718. The third-order valence-electron chi connectivity index (χ3n) is 3.72. The lowest BCUT2D eigenvalue weighted by Gasteiger charge is -2.36. The predicted octanol–water partition coefficient (Wildman–Crippen LogP) is 2.20. The van der Waals surface area contributed by atoms with Crippen molar-refractivity contribution in [3.8, 4) is 0 Å². The molecular weight excluding hydrogens is 240 g/mol. The molecule has 1 aromatic rings. The second-order valence-electron chi connectivity index (χ2n) is 5.31. The van der Waals surface area contributed by atoms with Crippen LogP contribution in [0.1, 0.15) is 38.9 Å². The molecule has 1 aliphatic rings. The molecule has 4 heteroatoms. The molecule has 0 radical (unpaired) electrons. The van der Waals surface area contributed by atoms with Crippen molar-refractivity contribution >= 4 is 5.91 Å². The largest absolute Gasteiger partial charge is 0.469 e. The topological polar surface area (TPSA) is 45.5 Å². The van der Waals surface area contributed by atoms with E-state index in [2.05, 4.69) is 19.2 Å². The number of amides is 1. The molecule has 1 fully saturated rings. The summed E-state index contributed by atoms with van der Waals surface area (Å²) in [5.74, 6) is 1.20. The van der Waals surface area contributed by atoms with E-state index in [1.807, 2.05) is 17.0 Å². The van der Waals surface area contributed by atoms with E-state index in [-0.39, 0.29) is 18.0 Å². The summed E-state index contributed by atoms with van der Waals surface area (Å²) >= 11 is 0. The Bertz CT molecular complexity index is 389. The first-order chi connectivity index (χ1) is 9.22. The molecule has 1 N–H and O–H groups in total. The molecule has 0 saturated carbocycles. The first-order valence-corrected chi connectivity index (χ1v) is 7.28. The quantitative estimate of drug-likeness (QED) is 0.856. The molecule has 106 valence electrons. The van der Waals surface area contributed by atoms with Crippen molar-refractivity contribution in [3.05, 3.63) is 24.2 Å². The molecule has 4 nitrogen and oxygen atoms in total. The fraction of sp³-hybridized carbons (Fsp3) is 0.667. The Morgan fingerprint density at radius 2 is 2.42 bits per heavy atom. The normalized spacial score (nSPS) is 21.7. The highest BCUT2D eigenvalue weighted by atomic mass is 16.3. The van der Waals surface area contributed by atoms with Gasteiger partial charge in [0.2, 0.25) is 5.91 Å². The van der Waals surface area contributed by atoms with Crippen molar-refractivity contribution < 1.29 is 9.21 Å². The molecule has 19 heavy (non-hydrogen) atoms. The van der Waals surface area contributed by atoms with Crippen molar-refractivity contribution in [1.82, 2.24) is 10.2 Å². The predicted molar refractivity (Wildman–Crippen MR) is 74.9 cm³/mol. The number of carbonyl (C=O) groups excluding carboxylic acids is 1. The van der Waals surface area contributed by atoms with Crippen molar-refractivity contribution in [3.63, 3.8) is 0 Å². The minimum atomic E-state index is 0.00718. The van der Waals surface area contributed by atoms with E-state index in [1.54, 1.807) is 6.26 Å². The van der Waals surface area contributed by atoms with Crippen LogP contribution in [0, 0.1) is 0 Å². The molecule has 1 saturated heterocycles. The minimum Gasteiger partial charge on any atom is -0.469 e. The van der Waals surface area contributed by atoms with Crippen LogP contribution in [0.15, 0.2) is 22.8 Å². The monoisotopic (exact) mass is 264 g/mol. The first kappa shape index (κ1) is 14.1. The van der Waals surface area contributed by atoms with Gasteiger partial charge in [-0.2, -0.15) is 0 Å². The standard InChI is InChI=1S/C15H24N2O2/c1-3-8-16-14-7-4-9-17(15(14)18)12(2)11-13-6-5-10-19-13/h5-6,10,12,14,16H,3-4,7-9,11H2,1-2H3. The van der Waals surface area contributed by atoms with Crippen LogP contribution in [0.2, 0.25) is 0 Å². The van der Waals surface area contributed by atoms with Crippen LogP contribution in [0.5, 0.6) is 0 Å². The summed E-state index contributed by atoms with van der Waals surface area (Å²) < 4.78 is 5.37. The average Bonchev–Trinajstić information content (AvgIpc) is 2.90. The molecule has 2 heterocycles. The van der Waals surface area contributed by atoms with Crippen LogP contribution >= 0.6 is 0 Å². The Kier molecular flexibility index (Phi) is 5.02. The highest BCUT2D eigenvalue weighted by Gasteiger charge is 2.31. The van der Waals surface area contributed by atoms with Crippen LogP contribution in [0.25, 0.3) is 0 Å². The number of carbonyl (C=O) groups is 1. The Morgan fingerprint density at radius 3 is 3.11 bits per heavy atom. The Labute approximate surface area is 115 Å². The van der Waals surface area contributed by atoms with E-state index in [0.717, 1.165) is 44.5 Å². The lowest BCUT2D eigenvalue weighted by molar-refractivity contribution is -0.138. The van der Waals surface area contributed by atoms with Gasteiger partial charge in [-0.15, -0.1) is 0 Å². The fourth-order valence-corrected chi connectivity index (χ4v) is 2.68. The zero-order valence-electron chi connectivity index (χ0n) is 11.9. The molecule has 2 atom stereocenters. The van der Waals surface area contributed by atoms with Crippen LogP contribution < -0.4 is 5.32 Å². The summed E-state index contributed by atoms with van der Waals surface area (Å²) in [6, 6.07) is 4.07. The van der Waals surface area contributed by atoms with E-state index in [1.165, 1.54) is 0 Å². The van der Waals surface area contributed by atoms with Gasteiger partial charge in [0.25, 0.3) is 0 Å². The molecule has 0 aliphatic carbocycles. The lowest BCUT2D eigenvalue weighted by atomic mass is 10.0. The molecular formula is C15H24N2O2. The van der Waals surface area contributed by atoms with Crippen LogP contribution in [0.4, 0.5) is 0 Å². The van der Waals surface area contributed by atoms with Gasteiger partial charge in [-0.1, -0.05) is 6.92 Å². The summed E-state index contributed by atoms with van der Waals surface area (Å²) in [5, 5.41) is 3.35. The summed E-state index contributed by atoms with van der Waals surface area (Å²) in [6.07, 6.45) is 5.58. The smallest absolute Gasteiger partial charge is 0.239 e. The van der Waals surface area contributed by atoms with Gasteiger partial charge in [0.05, 0.1) is 12.3 Å². The molecule has 2 unspecified atom stereocenters. The van der Waals surface area contributed by atoms with Gasteiger partial charge in [0, 0.05) is 19.0 Å². The third-order valence-corrected chi connectivity index (χ3v) is 3.72. The van der Waals surface area contributed by atoms with Gasteiger partial charge in [0.1, 0.15) is 5.76 Å². The lowest BCUT2D eigenvalue weighted by Crippen LogP contribution is -2.54. The van der Waals surface area contributed by atoms with Gasteiger partial charge in [0.15, 0.2) is 0 Å². The number of likely N-dealkylation sites (tertiary alicyclic amines) is 1. The number of hydrogen-bond acceptors (Lipinski definition) is 3. The van der Waals surface area contributed by atoms with Gasteiger partial charge in [-0.25, -0.2) is 0 Å². The SMILES string of the molecule is CCCNC1CCCN(C(C)Cc2ccco2)C1=O. The maximum absolute atomic E-state index is 12.4. The molecule has 1 aromatic heterocycles. The highest BCUT2D eigenvalue weighted by molar-refractivity contribution is 5.82. The van der Waals surface area contributed by atoms with Gasteiger partial charge in [-0.05, 0) is 44.9 Å². The van der Waals surface area contributed by atoms with Gasteiger partial charge in [-0.3, -0.25) is 4.79 Å². The highest BCUT2D eigenvalue weighted by Crippen LogP contribution is 2.17. The second kappa shape index (κ2) is 6.75. The molecule has 0 bridgehead atoms. The van der Waals surface area contributed by atoms with E-state index in [4.69, 9.17) is 4.42 Å². The fourth-order valence-electron chi connectivity index (χ4n) is 2.68. The van der Waals surface area contributed by atoms with Crippen LogP contribution in [0.3, 0.4) is 0 Å². The Morgan fingerprint density at radius 1 is 1.58 bits per heavy atom. The Balaban J connectivity index is 1.92. The third kappa shape index (κ3) is 3.60. The van der Waals surface area contributed by atoms with Crippen LogP contribution in [-0.4, -0.2) is 36.0 Å². The summed E-state index contributed by atoms with van der Waals surface area (Å²) in [4.78, 5) is 14.4. The maximum atomic E-state index is 12.4. The molecule has 0 aromatic carbocycles. The van der Waals surface area contributed by atoms with Crippen molar-refractivity contribution in [2.75, 3.05) is 13.1 Å². The number of nitrogens with one attached hydrogen (secondary N) is 1. The average molecular weight is 264 g/mol. The molecule has 2 rings (SSSR count). The van der Waals surface area contributed by atoms with Gasteiger partial charge < -0.3 is 14.6 Å². The van der Waals surface area contributed by atoms with E-state index >= 15 is 0 Å². The summed E-state index contributed by atoms with van der Waals surface area (Å²) in [6.45, 7) is 6.00. The summed E-state index contributed by atoms with van der Waals surface area (Å²) in [5.41, 5.74) is 0. The molecule has 1 amide bonds. The number of hydrogen-bond donors (Lipinski definition) is 1. The molecule has 1 aliphatic heterocycles. The zero-order chi connectivity index (χ0) is 13.7. The van der Waals surface area contributed by atoms with Crippen molar-refractivity contribution in [2.45, 2.75) is 51.6 Å². The molecule has 0 spiro atoms. The van der Waals surface area contributed by atoms with E-state index in [0.29, 0.717) is 0 Å². The summed E-state index contributed by atoms with van der Waals surface area (Å²) in [7, 11) is 0. The van der Waals surface area contributed by atoms with Gasteiger partial charge >= 0.3 is 0 Å². The number of rotatable bonds is 6. The zero-order valence-corrected chi connectivity index (χ0v) is 11.9. The van der Waals surface area contributed by atoms with Crippen molar-refractivity contribution in [2.24, 2.45) is 0 Å². The maximum Gasteiger partial charge on any atom is 0.239 e. The van der Waals surface area contributed by atoms with Crippen molar-refractivity contribution in [1.29, 1.82) is 0 Å². The number of nitrogens with zero attached hydrogens (tertiary/aromatic N) is 1. The van der Waals surface area contributed by atoms with E-state index < -0.39 is 0 Å². The number of piperidine rings is 1. The first-order valence-electron chi connectivity index (χ1n) is 7.28. The number of furan rings is 1. The Hall–Kier alpha value is -1.29. The van der Waals surface area contributed by atoms with E-state index in [9.17, 15) is 4.79 Å². The van der Waals surface area contributed by atoms with Crippen LogP contribution in [-0.2, 0) is 11.2 Å².